The highest BCUT2D eigenvalue weighted by Crippen LogP contribution is 2.21. The molecule has 0 unspecified atom stereocenters. The first-order valence-electron chi connectivity index (χ1n) is 4.97. The number of nitrogens with zero attached hydrogens (tertiary/aromatic N) is 1. The van der Waals surface area contributed by atoms with Gasteiger partial charge in [-0.3, -0.25) is 10.1 Å². The van der Waals surface area contributed by atoms with E-state index in [-0.39, 0.29) is 5.69 Å². The molecule has 0 aliphatic heterocycles. The number of halogens is 2. The molecule has 0 saturated heterocycles. The Morgan fingerprint density at radius 1 is 1.39 bits per heavy atom. The third-order valence-electron chi connectivity index (χ3n) is 2.19. The maximum absolute atomic E-state index is 13.1. The second-order valence-corrected chi connectivity index (χ2v) is 4.58. The normalized spacial score (nSPS) is 10.3. The van der Waals surface area contributed by atoms with Gasteiger partial charge < -0.3 is 9.73 Å². The first-order chi connectivity index (χ1) is 8.54. The van der Waals surface area contributed by atoms with Crippen molar-refractivity contribution in [1.82, 2.24) is 0 Å². The van der Waals surface area contributed by atoms with Gasteiger partial charge in [-0.2, -0.15) is 0 Å². The van der Waals surface area contributed by atoms with E-state index in [2.05, 4.69) is 5.32 Å². The molecule has 18 heavy (non-hydrogen) atoms. The molecule has 0 spiro atoms. The zero-order valence-corrected chi connectivity index (χ0v) is 11.2. The van der Waals surface area contributed by atoms with Crippen LogP contribution in [0.3, 0.4) is 0 Å². The summed E-state index contributed by atoms with van der Waals surface area (Å²) in [7, 11) is 0. The van der Waals surface area contributed by atoms with Crippen LogP contribution in [0.2, 0.25) is 0 Å². The third kappa shape index (κ3) is 3.19. The SMILES string of the molecule is O=[N+]([O-])c1cc(F)cc(NCc2ccc(I)o2)c1. The smallest absolute Gasteiger partial charge is 0.274 e. The van der Waals surface area contributed by atoms with Crippen molar-refractivity contribution in [3.05, 3.63) is 55.8 Å². The summed E-state index contributed by atoms with van der Waals surface area (Å²) < 4.78 is 19.2. The van der Waals surface area contributed by atoms with E-state index in [1.807, 2.05) is 22.6 Å². The van der Waals surface area contributed by atoms with Gasteiger partial charge in [0.2, 0.25) is 0 Å². The molecule has 2 rings (SSSR count). The lowest BCUT2D eigenvalue weighted by Gasteiger charge is -2.04. The van der Waals surface area contributed by atoms with E-state index in [0.29, 0.717) is 18.0 Å². The van der Waals surface area contributed by atoms with Crippen molar-refractivity contribution in [3.8, 4) is 0 Å². The lowest BCUT2D eigenvalue weighted by atomic mass is 10.2. The molecule has 0 aliphatic rings. The van der Waals surface area contributed by atoms with Crippen molar-refractivity contribution in [3.63, 3.8) is 0 Å². The third-order valence-corrected chi connectivity index (χ3v) is 2.77. The molecule has 0 saturated carbocycles. The fourth-order valence-corrected chi connectivity index (χ4v) is 1.88. The van der Waals surface area contributed by atoms with Crippen molar-refractivity contribution < 1.29 is 13.7 Å². The second kappa shape index (κ2) is 5.34. The van der Waals surface area contributed by atoms with Crippen molar-refractivity contribution in [2.45, 2.75) is 6.54 Å². The minimum atomic E-state index is -0.652. The Hall–Kier alpha value is -1.64. The second-order valence-electron chi connectivity index (χ2n) is 3.51. The summed E-state index contributed by atoms with van der Waals surface area (Å²) in [4.78, 5) is 9.94. The molecule has 0 amide bonds. The van der Waals surface area contributed by atoms with Crippen LogP contribution >= 0.6 is 22.6 Å². The molecule has 1 N–H and O–H groups in total. The number of anilines is 1. The summed E-state index contributed by atoms with van der Waals surface area (Å²) in [5.41, 5.74) is 0.0552. The molecule has 5 nitrogen and oxygen atoms in total. The lowest BCUT2D eigenvalue weighted by Crippen LogP contribution is -2.00. The minimum Gasteiger partial charge on any atom is -0.454 e. The molecule has 1 aromatic carbocycles. The van der Waals surface area contributed by atoms with Gasteiger partial charge in [0, 0.05) is 11.8 Å². The Bertz CT molecular complexity index is 585. The van der Waals surface area contributed by atoms with Crippen molar-refractivity contribution in [2.75, 3.05) is 5.32 Å². The van der Waals surface area contributed by atoms with Gasteiger partial charge in [0.1, 0.15) is 11.6 Å². The minimum absolute atomic E-state index is 0.286. The maximum atomic E-state index is 13.1. The standard InChI is InChI=1S/C11H8FIN2O3/c12-7-3-8(5-9(4-7)15(16)17)14-6-10-1-2-11(13)18-10/h1-5,14H,6H2. The van der Waals surface area contributed by atoms with E-state index in [9.17, 15) is 14.5 Å². The highest BCUT2D eigenvalue weighted by Gasteiger charge is 2.10. The highest BCUT2D eigenvalue weighted by atomic mass is 127. The number of rotatable bonds is 4. The number of non-ortho nitro benzene ring substituents is 1. The van der Waals surface area contributed by atoms with E-state index in [1.165, 1.54) is 12.1 Å². The number of furan rings is 1. The Labute approximate surface area is 115 Å². The summed E-state index contributed by atoms with van der Waals surface area (Å²) in [5.74, 6) is 0.0204. The molecule has 0 bridgehead atoms. The van der Waals surface area contributed by atoms with Gasteiger partial charge in [0.25, 0.3) is 5.69 Å². The summed E-state index contributed by atoms with van der Waals surface area (Å²) >= 11 is 2.03. The number of nitrogens with one attached hydrogen (secondary N) is 1. The highest BCUT2D eigenvalue weighted by molar-refractivity contribution is 14.1. The molecule has 94 valence electrons. The van der Waals surface area contributed by atoms with Crippen LogP contribution in [0.1, 0.15) is 5.76 Å². The van der Waals surface area contributed by atoms with Crippen LogP contribution in [-0.4, -0.2) is 4.92 Å². The van der Waals surface area contributed by atoms with Crippen molar-refractivity contribution in [2.24, 2.45) is 0 Å². The Balaban J connectivity index is 2.11. The van der Waals surface area contributed by atoms with Crippen molar-refractivity contribution in [1.29, 1.82) is 0 Å². The van der Waals surface area contributed by atoms with Gasteiger partial charge in [-0.05, 0) is 40.8 Å². The largest absolute Gasteiger partial charge is 0.454 e. The molecule has 1 aromatic heterocycles. The summed E-state index contributed by atoms with van der Waals surface area (Å²) in [6.45, 7) is 0.337. The van der Waals surface area contributed by atoms with E-state index in [0.717, 1.165) is 9.83 Å². The number of hydrogen-bond acceptors (Lipinski definition) is 4. The monoisotopic (exact) mass is 362 g/mol. The zero-order valence-electron chi connectivity index (χ0n) is 9.02. The van der Waals surface area contributed by atoms with Gasteiger partial charge in [-0.25, -0.2) is 4.39 Å². The molecule has 7 heteroatoms. The number of nitro benzene ring substituents is 1. The quantitative estimate of drug-likeness (QED) is 0.513. The average Bonchev–Trinajstić information content (AvgIpc) is 2.72. The number of hydrogen-bond donors (Lipinski definition) is 1. The molecule has 0 fully saturated rings. The number of benzene rings is 1. The molecular formula is C11H8FIN2O3. The van der Waals surface area contributed by atoms with Gasteiger partial charge >= 0.3 is 0 Å². The first kappa shape index (κ1) is 12.8. The van der Waals surface area contributed by atoms with E-state index < -0.39 is 10.7 Å². The van der Waals surface area contributed by atoms with Gasteiger partial charge in [0.05, 0.1) is 17.5 Å². The molecular weight excluding hydrogens is 354 g/mol. The lowest BCUT2D eigenvalue weighted by molar-refractivity contribution is -0.385. The van der Waals surface area contributed by atoms with Crippen LogP contribution in [0.4, 0.5) is 15.8 Å². The van der Waals surface area contributed by atoms with Crippen LogP contribution in [0.15, 0.2) is 34.7 Å². The van der Waals surface area contributed by atoms with E-state index >= 15 is 0 Å². The summed E-state index contributed by atoms with van der Waals surface area (Å²) in [6.07, 6.45) is 0. The molecule has 0 radical (unpaired) electrons. The van der Waals surface area contributed by atoms with Gasteiger partial charge in [-0.1, -0.05) is 0 Å². The topological polar surface area (TPSA) is 68.3 Å². The van der Waals surface area contributed by atoms with E-state index in [4.69, 9.17) is 4.42 Å². The van der Waals surface area contributed by atoms with Gasteiger partial charge in [-0.15, -0.1) is 0 Å². The zero-order chi connectivity index (χ0) is 13.1. The van der Waals surface area contributed by atoms with E-state index in [1.54, 1.807) is 12.1 Å². The average molecular weight is 362 g/mol. The fraction of sp³-hybridized carbons (Fsp3) is 0.0909. The molecule has 2 aromatic rings. The van der Waals surface area contributed by atoms with Crippen LogP contribution in [0.5, 0.6) is 0 Å². The molecule has 0 atom stereocenters. The summed E-state index contributed by atoms with van der Waals surface area (Å²) in [5, 5.41) is 13.4. The van der Waals surface area contributed by atoms with Crippen LogP contribution in [0, 0.1) is 19.7 Å². The van der Waals surface area contributed by atoms with Crippen LogP contribution in [-0.2, 0) is 6.54 Å². The Kier molecular flexibility index (Phi) is 3.80. The van der Waals surface area contributed by atoms with Crippen molar-refractivity contribution >= 4 is 34.0 Å². The predicted octanol–water partition coefficient (Wildman–Crippen LogP) is 3.54. The summed E-state index contributed by atoms with van der Waals surface area (Å²) in [6, 6.07) is 6.92. The maximum Gasteiger partial charge on any atom is 0.274 e. The van der Waals surface area contributed by atoms with Crippen LogP contribution < -0.4 is 5.32 Å². The first-order valence-corrected chi connectivity index (χ1v) is 6.05. The molecule has 1 heterocycles. The predicted molar refractivity (Wildman–Crippen MR) is 71.8 cm³/mol. The van der Waals surface area contributed by atoms with Gasteiger partial charge in [0.15, 0.2) is 3.77 Å². The number of nitro groups is 1. The Morgan fingerprint density at radius 3 is 2.78 bits per heavy atom. The molecule has 0 aliphatic carbocycles. The van der Waals surface area contributed by atoms with Crippen LogP contribution in [0.25, 0.3) is 0 Å². The Morgan fingerprint density at radius 2 is 2.17 bits per heavy atom. The fourth-order valence-electron chi connectivity index (χ4n) is 1.42.